The van der Waals surface area contributed by atoms with E-state index in [1.165, 1.54) is 44.2 Å². The van der Waals surface area contributed by atoms with Crippen molar-refractivity contribution < 1.29 is 8.83 Å². The van der Waals surface area contributed by atoms with Gasteiger partial charge in [-0.2, -0.15) is 0 Å². The summed E-state index contributed by atoms with van der Waals surface area (Å²) in [5, 5.41) is 4.41. The van der Waals surface area contributed by atoms with Crippen LogP contribution in [0.4, 0.5) is 17.1 Å². The van der Waals surface area contributed by atoms with Crippen LogP contribution in [-0.4, -0.2) is 4.98 Å². The van der Waals surface area contributed by atoms with Gasteiger partial charge in [-0.1, -0.05) is 117 Å². The number of para-hydroxylation sites is 2. The third kappa shape index (κ3) is 4.60. The number of anilines is 3. The topological polar surface area (TPSA) is 42.4 Å². The molecule has 0 amide bonds. The molecule has 0 atom stereocenters. The summed E-state index contributed by atoms with van der Waals surface area (Å²) in [5.74, 6) is 0.586. The highest BCUT2D eigenvalue weighted by Crippen LogP contribution is 2.51. The molecule has 0 unspecified atom stereocenters. The Kier molecular flexibility index (Phi) is 6.56. The fraction of sp³-hybridized carbons (Fsp3) is 0.0600. The van der Waals surface area contributed by atoms with Gasteiger partial charge in [-0.15, -0.1) is 0 Å². The van der Waals surface area contributed by atoms with E-state index in [0.717, 1.165) is 55.7 Å². The zero-order valence-electron chi connectivity index (χ0n) is 29.9. The quantitative estimate of drug-likeness (QED) is 0.180. The summed E-state index contributed by atoms with van der Waals surface area (Å²) < 4.78 is 12.9. The van der Waals surface area contributed by atoms with E-state index in [2.05, 4.69) is 152 Å². The zero-order chi connectivity index (χ0) is 36.0. The molecule has 4 nitrogen and oxygen atoms in total. The van der Waals surface area contributed by atoms with Crippen molar-refractivity contribution >= 4 is 60.9 Å². The summed E-state index contributed by atoms with van der Waals surface area (Å²) >= 11 is 0. The molecule has 0 N–H and O–H groups in total. The Morgan fingerprint density at radius 2 is 1.13 bits per heavy atom. The number of furan rings is 1. The highest BCUT2D eigenvalue weighted by atomic mass is 16.3. The molecular weight excluding hydrogens is 661 g/mol. The van der Waals surface area contributed by atoms with Gasteiger partial charge in [0, 0.05) is 44.9 Å². The molecule has 0 aliphatic heterocycles. The molecule has 8 aromatic carbocycles. The molecule has 2 heterocycles. The molecule has 256 valence electrons. The maximum Gasteiger partial charge on any atom is 0.228 e. The lowest BCUT2D eigenvalue weighted by Gasteiger charge is -2.28. The SMILES string of the molecule is CC1(C)c2ccccc2-c2ccc(N(c3ccc4c(-c5ccccc5)cccc4c3)c3ccc4c(c3)oc3cccc(-c5nc6ccccc6o5)c34)cc21. The average molecular weight is 695 g/mol. The smallest absolute Gasteiger partial charge is 0.228 e. The first-order chi connectivity index (χ1) is 26.5. The number of hydrogen-bond acceptors (Lipinski definition) is 4. The predicted molar refractivity (Wildman–Crippen MR) is 222 cm³/mol. The molecule has 1 aliphatic carbocycles. The molecule has 54 heavy (non-hydrogen) atoms. The molecular formula is C50H34N2O2. The number of hydrogen-bond donors (Lipinski definition) is 0. The predicted octanol–water partition coefficient (Wildman–Crippen LogP) is 14.0. The average Bonchev–Trinajstić information content (AvgIpc) is 3.88. The van der Waals surface area contributed by atoms with Gasteiger partial charge in [0.25, 0.3) is 0 Å². The lowest BCUT2D eigenvalue weighted by atomic mass is 9.82. The van der Waals surface area contributed by atoms with E-state index in [1.54, 1.807) is 0 Å². The summed E-state index contributed by atoms with van der Waals surface area (Å²) in [4.78, 5) is 7.20. The largest absolute Gasteiger partial charge is 0.456 e. The Morgan fingerprint density at radius 1 is 0.463 bits per heavy atom. The van der Waals surface area contributed by atoms with Crippen molar-refractivity contribution in [1.29, 1.82) is 0 Å². The highest BCUT2D eigenvalue weighted by molar-refractivity contribution is 6.12. The maximum atomic E-state index is 6.64. The van der Waals surface area contributed by atoms with Crippen molar-refractivity contribution in [2.75, 3.05) is 4.90 Å². The standard InChI is InChI=1S/C50H34N2O2/c1-50(2)42-18-7-6-15-38(42)39-26-23-34(29-43(39)50)52(33-22-25-37-32(28-33)14-10-16-36(37)31-12-4-3-5-13-31)35-24-27-40-47(30-35)53-46-21-11-17-41(48(40)46)49-51-44-19-8-9-20-45(44)54-49/h3-30H,1-2H3. The van der Waals surface area contributed by atoms with Gasteiger partial charge in [-0.05, 0) is 105 Å². The maximum absolute atomic E-state index is 6.64. The first-order valence-corrected chi connectivity index (χ1v) is 18.5. The van der Waals surface area contributed by atoms with Gasteiger partial charge in [0.2, 0.25) is 5.89 Å². The van der Waals surface area contributed by atoms with Gasteiger partial charge in [-0.3, -0.25) is 0 Å². The molecule has 0 saturated heterocycles. The van der Waals surface area contributed by atoms with Crippen LogP contribution in [0.25, 0.3) is 77.5 Å². The van der Waals surface area contributed by atoms with Crippen molar-refractivity contribution in [2.45, 2.75) is 19.3 Å². The van der Waals surface area contributed by atoms with Gasteiger partial charge in [0.1, 0.15) is 16.7 Å². The molecule has 2 aromatic heterocycles. The van der Waals surface area contributed by atoms with Crippen LogP contribution in [0.1, 0.15) is 25.0 Å². The van der Waals surface area contributed by atoms with Crippen LogP contribution in [0.2, 0.25) is 0 Å². The van der Waals surface area contributed by atoms with Crippen molar-refractivity contribution in [3.05, 3.63) is 181 Å². The van der Waals surface area contributed by atoms with Crippen molar-refractivity contribution in [1.82, 2.24) is 4.98 Å². The summed E-state index contributed by atoms with van der Waals surface area (Å²) in [6.45, 7) is 4.67. The van der Waals surface area contributed by atoms with Gasteiger partial charge < -0.3 is 13.7 Å². The van der Waals surface area contributed by atoms with Crippen LogP contribution in [0, 0.1) is 0 Å². The van der Waals surface area contributed by atoms with Crippen molar-refractivity contribution in [2.24, 2.45) is 0 Å². The summed E-state index contributed by atoms with van der Waals surface area (Å²) in [6, 6.07) is 60.3. The molecule has 0 radical (unpaired) electrons. The molecule has 10 aromatic rings. The first kappa shape index (κ1) is 30.7. The van der Waals surface area contributed by atoms with Gasteiger partial charge in [0.15, 0.2) is 5.58 Å². The highest BCUT2D eigenvalue weighted by Gasteiger charge is 2.35. The zero-order valence-corrected chi connectivity index (χ0v) is 29.9. The summed E-state index contributed by atoms with van der Waals surface area (Å²) in [6.07, 6.45) is 0. The van der Waals surface area contributed by atoms with Crippen LogP contribution in [0.3, 0.4) is 0 Å². The van der Waals surface area contributed by atoms with E-state index in [1.807, 2.05) is 36.4 Å². The van der Waals surface area contributed by atoms with E-state index in [9.17, 15) is 0 Å². The van der Waals surface area contributed by atoms with Crippen molar-refractivity contribution in [3.63, 3.8) is 0 Å². The second-order valence-electron chi connectivity index (χ2n) is 14.8. The molecule has 4 heteroatoms. The Labute approximate surface area is 312 Å². The second-order valence-corrected chi connectivity index (χ2v) is 14.8. The van der Waals surface area contributed by atoms with Crippen LogP contribution in [-0.2, 0) is 5.41 Å². The molecule has 0 spiro atoms. The number of oxazole rings is 1. The van der Waals surface area contributed by atoms with Gasteiger partial charge >= 0.3 is 0 Å². The minimum Gasteiger partial charge on any atom is -0.456 e. The molecule has 0 fully saturated rings. The number of aromatic nitrogens is 1. The fourth-order valence-electron chi connectivity index (χ4n) is 8.68. The minimum absolute atomic E-state index is 0.134. The van der Waals surface area contributed by atoms with Gasteiger partial charge in [0.05, 0.1) is 0 Å². The lowest BCUT2D eigenvalue weighted by Crippen LogP contribution is -2.16. The fourth-order valence-corrected chi connectivity index (χ4v) is 8.68. The van der Waals surface area contributed by atoms with Crippen LogP contribution in [0.15, 0.2) is 179 Å². The van der Waals surface area contributed by atoms with E-state index >= 15 is 0 Å². The van der Waals surface area contributed by atoms with Crippen LogP contribution < -0.4 is 4.90 Å². The lowest BCUT2D eigenvalue weighted by molar-refractivity contribution is 0.620. The van der Waals surface area contributed by atoms with Gasteiger partial charge in [-0.25, -0.2) is 4.98 Å². The Morgan fingerprint density at radius 3 is 2.02 bits per heavy atom. The molecule has 11 rings (SSSR count). The van der Waals surface area contributed by atoms with Crippen LogP contribution >= 0.6 is 0 Å². The third-order valence-electron chi connectivity index (χ3n) is 11.3. The van der Waals surface area contributed by atoms with E-state index in [-0.39, 0.29) is 5.41 Å². The number of nitrogens with zero attached hydrogens (tertiary/aromatic N) is 2. The Bertz CT molecular complexity index is 3060. The Balaban J connectivity index is 1.10. The van der Waals surface area contributed by atoms with Crippen molar-refractivity contribution in [3.8, 4) is 33.7 Å². The number of fused-ring (bicyclic) bond motifs is 8. The molecule has 0 bridgehead atoms. The van der Waals surface area contributed by atoms with E-state index < -0.39 is 0 Å². The monoisotopic (exact) mass is 694 g/mol. The van der Waals surface area contributed by atoms with E-state index in [4.69, 9.17) is 13.8 Å². The summed E-state index contributed by atoms with van der Waals surface area (Å²) in [5.41, 5.74) is 14.9. The number of rotatable bonds is 5. The van der Waals surface area contributed by atoms with Crippen LogP contribution in [0.5, 0.6) is 0 Å². The molecule has 1 aliphatic rings. The first-order valence-electron chi connectivity index (χ1n) is 18.5. The Hall–Kier alpha value is -6.91. The van der Waals surface area contributed by atoms with E-state index in [0.29, 0.717) is 5.89 Å². The molecule has 0 saturated carbocycles. The second kappa shape index (κ2) is 11.5. The normalized spacial score (nSPS) is 13.1. The minimum atomic E-state index is -0.134. The third-order valence-corrected chi connectivity index (χ3v) is 11.3. The summed E-state index contributed by atoms with van der Waals surface area (Å²) in [7, 11) is 0. The number of benzene rings is 8.